The summed E-state index contributed by atoms with van der Waals surface area (Å²) in [6.07, 6.45) is 2.25. The molecule has 1 N–H and O–H groups in total. The first-order valence-corrected chi connectivity index (χ1v) is 11.2. The Balaban J connectivity index is 1.91. The number of nitrogens with one attached hydrogen (secondary N) is 1. The number of nitrogens with zero attached hydrogens (tertiary/aromatic N) is 3. The van der Waals surface area contributed by atoms with Crippen molar-refractivity contribution in [3.8, 4) is 22.7 Å². The minimum Gasteiger partial charge on any atom is -0.497 e. The maximum absolute atomic E-state index is 12.9. The number of benzene rings is 2. The molecule has 33 heavy (non-hydrogen) atoms. The second kappa shape index (κ2) is 10.8. The highest BCUT2D eigenvalue weighted by atomic mass is 16.5. The van der Waals surface area contributed by atoms with Crippen molar-refractivity contribution in [2.75, 3.05) is 25.5 Å². The van der Waals surface area contributed by atoms with Crippen LogP contribution in [0.1, 0.15) is 32.8 Å². The Hall–Kier alpha value is -3.61. The lowest BCUT2D eigenvalue weighted by Crippen LogP contribution is -2.40. The zero-order valence-electron chi connectivity index (χ0n) is 20.0. The van der Waals surface area contributed by atoms with Gasteiger partial charge in [0.1, 0.15) is 5.75 Å². The van der Waals surface area contributed by atoms with E-state index < -0.39 is 0 Å². The molecule has 0 aliphatic carbocycles. The van der Waals surface area contributed by atoms with E-state index in [4.69, 9.17) is 9.72 Å². The summed E-state index contributed by atoms with van der Waals surface area (Å²) in [4.78, 5) is 31.5. The van der Waals surface area contributed by atoms with Crippen LogP contribution in [0.15, 0.2) is 54.7 Å². The average Bonchev–Trinajstić information content (AvgIpc) is 3.21. The van der Waals surface area contributed by atoms with Gasteiger partial charge in [-0.2, -0.15) is 0 Å². The highest BCUT2D eigenvalue weighted by Crippen LogP contribution is 2.26. The predicted molar refractivity (Wildman–Crippen MR) is 131 cm³/mol. The highest BCUT2D eigenvalue weighted by molar-refractivity contribution is 5.93. The summed E-state index contributed by atoms with van der Waals surface area (Å²) in [7, 11) is 1.63. The molecule has 3 aromatic rings. The van der Waals surface area contributed by atoms with E-state index in [1.807, 2.05) is 80.1 Å². The number of hydrogen-bond donors (Lipinski definition) is 1. The predicted octanol–water partition coefficient (Wildman–Crippen LogP) is 4.69. The smallest absolute Gasteiger partial charge is 0.246 e. The number of hydrogen-bond acceptors (Lipinski definition) is 4. The van der Waals surface area contributed by atoms with E-state index in [-0.39, 0.29) is 24.3 Å². The summed E-state index contributed by atoms with van der Waals surface area (Å²) < 4.78 is 7.10. The third-order valence-electron chi connectivity index (χ3n) is 5.23. The molecule has 2 amide bonds. The van der Waals surface area contributed by atoms with Gasteiger partial charge in [-0.25, -0.2) is 4.98 Å². The van der Waals surface area contributed by atoms with E-state index in [1.54, 1.807) is 18.9 Å². The van der Waals surface area contributed by atoms with Crippen LogP contribution in [0.3, 0.4) is 0 Å². The van der Waals surface area contributed by atoms with Crippen LogP contribution in [-0.2, 0) is 9.59 Å². The lowest BCUT2D eigenvalue weighted by atomic mass is 10.1. The van der Waals surface area contributed by atoms with E-state index in [9.17, 15) is 9.59 Å². The molecule has 0 saturated carbocycles. The Bertz CT molecular complexity index is 1090. The number of anilines is 1. The van der Waals surface area contributed by atoms with E-state index >= 15 is 0 Å². The largest absolute Gasteiger partial charge is 0.497 e. The van der Waals surface area contributed by atoms with Crippen molar-refractivity contribution < 1.29 is 14.3 Å². The molecule has 1 aromatic heterocycles. The molecule has 0 saturated heterocycles. The molecule has 0 atom stereocenters. The van der Waals surface area contributed by atoms with Crippen molar-refractivity contribution >= 4 is 17.8 Å². The van der Waals surface area contributed by atoms with Crippen molar-refractivity contribution in [1.29, 1.82) is 0 Å². The Labute approximate surface area is 195 Å². The second-order valence-corrected chi connectivity index (χ2v) is 8.45. The third kappa shape index (κ3) is 6.22. The summed E-state index contributed by atoms with van der Waals surface area (Å²) in [6, 6.07) is 15.6. The van der Waals surface area contributed by atoms with Crippen molar-refractivity contribution in [3.63, 3.8) is 0 Å². The lowest BCUT2D eigenvalue weighted by Gasteiger charge is -2.23. The fraction of sp³-hybridized carbons (Fsp3) is 0.346. The number of methoxy groups -OCH3 is 1. The topological polar surface area (TPSA) is 76.5 Å². The van der Waals surface area contributed by atoms with Gasteiger partial charge in [0.05, 0.1) is 19.3 Å². The van der Waals surface area contributed by atoms with E-state index in [0.717, 1.165) is 28.3 Å². The van der Waals surface area contributed by atoms with Gasteiger partial charge in [0.2, 0.25) is 17.8 Å². The van der Waals surface area contributed by atoms with Crippen molar-refractivity contribution in [2.24, 2.45) is 5.92 Å². The molecule has 3 rings (SSSR count). The highest BCUT2D eigenvalue weighted by Gasteiger charge is 2.19. The normalized spacial score (nSPS) is 10.8. The van der Waals surface area contributed by atoms with Gasteiger partial charge in [-0.05, 0) is 49.2 Å². The zero-order chi connectivity index (χ0) is 24.0. The van der Waals surface area contributed by atoms with Crippen LogP contribution in [0.5, 0.6) is 5.75 Å². The first kappa shape index (κ1) is 24.0. The second-order valence-electron chi connectivity index (χ2n) is 8.45. The maximum atomic E-state index is 12.9. The van der Waals surface area contributed by atoms with Gasteiger partial charge in [0, 0.05) is 30.4 Å². The molecule has 0 radical (unpaired) electrons. The summed E-state index contributed by atoms with van der Waals surface area (Å²) in [5, 5.41) is 2.91. The van der Waals surface area contributed by atoms with Gasteiger partial charge in [0.15, 0.2) is 0 Å². The van der Waals surface area contributed by atoms with Crippen molar-refractivity contribution in [1.82, 2.24) is 14.5 Å². The SMILES string of the molecule is CCC(=O)N(CC(=O)Nc1nc(-c2ccc(OC)cc2)cn1-c1ccc(C)cc1)CC(C)C. The van der Waals surface area contributed by atoms with Gasteiger partial charge in [-0.1, -0.05) is 38.5 Å². The van der Waals surface area contributed by atoms with E-state index in [1.165, 1.54) is 0 Å². The van der Waals surface area contributed by atoms with Crippen LogP contribution in [0, 0.1) is 12.8 Å². The van der Waals surface area contributed by atoms with Gasteiger partial charge >= 0.3 is 0 Å². The van der Waals surface area contributed by atoms with Crippen LogP contribution in [0.2, 0.25) is 0 Å². The number of carbonyl (C=O) groups excluding carboxylic acids is 2. The molecule has 0 aliphatic heterocycles. The Morgan fingerprint density at radius 3 is 2.33 bits per heavy atom. The van der Waals surface area contributed by atoms with Gasteiger partial charge in [-0.15, -0.1) is 0 Å². The summed E-state index contributed by atoms with van der Waals surface area (Å²) >= 11 is 0. The molecule has 7 heteroatoms. The molecular weight excluding hydrogens is 416 g/mol. The fourth-order valence-corrected chi connectivity index (χ4v) is 3.53. The summed E-state index contributed by atoms with van der Waals surface area (Å²) in [5.41, 5.74) is 3.64. The molecule has 0 spiro atoms. The minimum absolute atomic E-state index is 0.0104. The summed E-state index contributed by atoms with van der Waals surface area (Å²) in [6.45, 7) is 8.40. The van der Waals surface area contributed by atoms with E-state index in [0.29, 0.717) is 18.9 Å². The van der Waals surface area contributed by atoms with Crippen molar-refractivity contribution in [2.45, 2.75) is 34.1 Å². The monoisotopic (exact) mass is 448 g/mol. The van der Waals surface area contributed by atoms with Gasteiger partial charge < -0.3 is 9.64 Å². The van der Waals surface area contributed by atoms with Gasteiger partial charge in [-0.3, -0.25) is 19.5 Å². The lowest BCUT2D eigenvalue weighted by molar-refractivity contribution is -0.134. The molecule has 1 heterocycles. The number of rotatable bonds is 9. The number of aromatic nitrogens is 2. The standard InChI is InChI=1S/C26H32N4O3/c1-6-25(32)29(15-18(2)3)17-24(31)28-26-27-23(20-9-13-22(33-5)14-10-20)16-30(26)21-11-7-19(4)8-12-21/h7-14,16,18H,6,15,17H2,1-5H3,(H,27,28,31). The number of amides is 2. The van der Waals surface area contributed by atoms with Gasteiger partial charge in [0.25, 0.3) is 0 Å². The van der Waals surface area contributed by atoms with Crippen LogP contribution in [0.4, 0.5) is 5.95 Å². The molecule has 0 unspecified atom stereocenters. The Morgan fingerprint density at radius 1 is 1.09 bits per heavy atom. The zero-order valence-corrected chi connectivity index (χ0v) is 20.0. The van der Waals surface area contributed by atoms with Crippen LogP contribution < -0.4 is 10.1 Å². The Morgan fingerprint density at radius 2 is 1.76 bits per heavy atom. The number of imidazole rings is 1. The quantitative estimate of drug-likeness (QED) is 0.515. The molecule has 7 nitrogen and oxygen atoms in total. The van der Waals surface area contributed by atoms with E-state index in [2.05, 4.69) is 5.32 Å². The van der Waals surface area contributed by atoms with Crippen molar-refractivity contribution in [3.05, 3.63) is 60.3 Å². The molecule has 0 fully saturated rings. The molecule has 174 valence electrons. The van der Waals surface area contributed by atoms with Crippen LogP contribution in [0.25, 0.3) is 16.9 Å². The molecular formula is C26H32N4O3. The number of ether oxygens (including phenoxy) is 1. The fourth-order valence-electron chi connectivity index (χ4n) is 3.53. The molecule has 2 aromatic carbocycles. The first-order valence-electron chi connectivity index (χ1n) is 11.2. The Kier molecular flexibility index (Phi) is 7.87. The molecule has 0 aliphatic rings. The average molecular weight is 449 g/mol. The number of carbonyl (C=O) groups is 2. The minimum atomic E-state index is -0.280. The molecule has 0 bridgehead atoms. The third-order valence-corrected chi connectivity index (χ3v) is 5.23. The first-order chi connectivity index (χ1) is 15.8. The van der Waals surface area contributed by atoms with Crippen LogP contribution in [-0.4, -0.2) is 46.5 Å². The summed E-state index contributed by atoms with van der Waals surface area (Å²) in [5.74, 6) is 1.11. The van der Waals surface area contributed by atoms with Crippen LogP contribution >= 0.6 is 0 Å². The maximum Gasteiger partial charge on any atom is 0.246 e. The number of aryl methyl sites for hydroxylation is 1.